The number of unbranched alkanes of at least 4 members (excludes halogenated alkanes) is 1. The zero-order valence-electron chi connectivity index (χ0n) is 18.5. The third-order valence-electron chi connectivity index (χ3n) is 6.91. The lowest BCUT2D eigenvalue weighted by atomic mass is 9.69. The lowest BCUT2D eigenvalue weighted by Gasteiger charge is -2.38. The molecule has 4 heteroatoms. The molecule has 29 heavy (non-hydrogen) atoms. The molecule has 0 atom stereocenters. The Kier molecular flexibility index (Phi) is 10.2. The zero-order valence-corrected chi connectivity index (χ0v) is 18.5. The van der Waals surface area contributed by atoms with Gasteiger partial charge in [-0.25, -0.2) is 0 Å². The Bertz CT molecular complexity index is 553. The molecule has 0 amide bonds. The van der Waals surface area contributed by atoms with E-state index < -0.39 is 11.7 Å². The van der Waals surface area contributed by atoms with E-state index in [4.69, 9.17) is 9.47 Å². The van der Waals surface area contributed by atoms with Gasteiger partial charge in [0.05, 0.1) is 13.2 Å². The summed E-state index contributed by atoms with van der Waals surface area (Å²) < 4.78 is 38.3. The molecule has 2 rings (SSSR count). The standard InChI is InChI=1S/C25H40F2O2/c1-5-7-8-20-9-13-22(14-10-20)23-15-11-21(12-16-23)17-29-19(4)25(27)24(26)18(3)28-6-2/h20-23H,3-17H2,1-2H3/b25-24-. The maximum absolute atomic E-state index is 14.1. The largest absolute Gasteiger partial charge is 0.491 e. The van der Waals surface area contributed by atoms with Gasteiger partial charge in [-0.2, -0.15) is 8.78 Å². The van der Waals surface area contributed by atoms with Gasteiger partial charge in [-0.05, 0) is 69.1 Å². The molecule has 0 saturated heterocycles. The van der Waals surface area contributed by atoms with Gasteiger partial charge in [-0.3, -0.25) is 0 Å². The molecule has 0 unspecified atom stereocenters. The van der Waals surface area contributed by atoms with Gasteiger partial charge in [-0.1, -0.05) is 52.2 Å². The van der Waals surface area contributed by atoms with E-state index in [0.29, 0.717) is 12.5 Å². The van der Waals surface area contributed by atoms with Crippen LogP contribution in [0.1, 0.15) is 84.5 Å². The molecular weight excluding hydrogens is 370 g/mol. The molecule has 0 spiro atoms. The summed E-state index contributed by atoms with van der Waals surface area (Å²) in [6.45, 7) is 11.5. The first-order chi connectivity index (χ1) is 14.0. The van der Waals surface area contributed by atoms with Gasteiger partial charge in [0.15, 0.2) is 11.5 Å². The molecule has 2 fully saturated rings. The molecule has 0 aromatic carbocycles. The van der Waals surface area contributed by atoms with Crippen molar-refractivity contribution in [1.82, 2.24) is 0 Å². The van der Waals surface area contributed by atoms with Gasteiger partial charge in [0, 0.05) is 0 Å². The van der Waals surface area contributed by atoms with Crippen molar-refractivity contribution in [2.75, 3.05) is 13.2 Å². The fraction of sp³-hybridized carbons (Fsp3) is 0.760. The Morgan fingerprint density at radius 3 is 1.72 bits per heavy atom. The zero-order chi connectivity index (χ0) is 21.2. The normalized spacial score (nSPS) is 28.4. The second kappa shape index (κ2) is 12.4. The van der Waals surface area contributed by atoms with Crippen LogP contribution >= 0.6 is 0 Å². The first-order valence-electron chi connectivity index (χ1n) is 11.7. The Morgan fingerprint density at radius 1 is 0.759 bits per heavy atom. The van der Waals surface area contributed by atoms with Crippen molar-refractivity contribution in [3.63, 3.8) is 0 Å². The van der Waals surface area contributed by atoms with Crippen molar-refractivity contribution in [3.8, 4) is 0 Å². The summed E-state index contributed by atoms with van der Waals surface area (Å²) in [5, 5.41) is 0. The number of halogens is 2. The number of ether oxygens (including phenoxy) is 2. The Labute approximate surface area is 176 Å². The summed E-state index contributed by atoms with van der Waals surface area (Å²) in [5.41, 5.74) is 0. The first kappa shape index (κ1) is 24.0. The van der Waals surface area contributed by atoms with Crippen LogP contribution < -0.4 is 0 Å². The molecule has 2 saturated carbocycles. The average molecular weight is 411 g/mol. The molecule has 0 bridgehead atoms. The van der Waals surface area contributed by atoms with Crippen LogP contribution in [0.25, 0.3) is 0 Å². The summed E-state index contributed by atoms with van der Waals surface area (Å²) >= 11 is 0. The van der Waals surface area contributed by atoms with Gasteiger partial charge < -0.3 is 9.47 Å². The van der Waals surface area contributed by atoms with Crippen LogP contribution in [0, 0.1) is 23.7 Å². The van der Waals surface area contributed by atoms with Crippen molar-refractivity contribution in [2.45, 2.75) is 84.5 Å². The van der Waals surface area contributed by atoms with Gasteiger partial charge in [0.2, 0.25) is 11.7 Å². The third kappa shape index (κ3) is 7.46. The summed E-state index contributed by atoms with van der Waals surface area (Å²) in [6, 6.07) is 0. The van der Waals surface area contributed by atoms with Gasteiger partial charge in [-0.15, -0.1) is 0 Å². The van der Waals surface area contributed by atoms with Crippen LogP contribution in [-0.4, -0.2) is 13.2 Å². The number of rotatable bonds is 11. The van der Waals surface area contributed by atoms with Gasteiger partial charge in [0.25, 0.3) is 0 Å². The van der Waals surface area contributed by atoms with Crippen LogP contribution in [0.4, 0.5) is 8.78 Å². The van der Waals surface area contributed by atoms with E-state index in [9.17, 15) is 8.78 Å². The molecule has 0 aliphatic heterocycles. The minimum atomic E-state index is -1.13. The monoisotopic (exact) mass is 410 g/mol. The fourth-order valence-electron chi connectivity index (χ4n) is 5.03. The molecule has 0 radical (unpaired) electrons. The van der Waals surface area contributed by atoms with Crippen molar-refractivity contribution in [3.05, 3.63) is 36.3 Å². The van der Waals surface area contributed by atoms with E-state index in [1.807, 2.05) is 0 Å². The third-order valence-corrected chi connectivity index (χ3v) is 6.91. The predicted molar refractivity (Wildman–Crippen MR) is 116 cm³/mol. The minimum Gasteiger partial charge on any atom is -0.491 e. The maximum Gasteiger partial charge on any atom is 0.203 e. The topological polar surface area (TPSA) is 18.5 Å². The number of hydrogen-bond acceptors (Lipinski definition) is 2. The van der Waals surface area contributed by atoms with Crippen LogP contribution in [-0.2, 0) is 9.47 Å². The van der Waals surface area contributed by atoms with E-state index in [0.717, 1.165) is 30.6 Å². The predicted octanol–water partition coefficient (Wildman–Crippen LogP) is 8.02. The SMILES string of the molecule is C=C(OCC)/C(F)=C(/F)C(=C)OCC1CCC(C2CCC(CCCC)CC2)CC1. The molecule has 0 aromatic heterocycles. The minimum absolute atomic E-state index is 0.233. The van der Waals surface area contributed by atoms with Crippen LogP contribution in [0.15, 0.2) is 36.3 Å². The summed E-state index contributed by atoms with van der Waals surface area (Å²) in [4.78, 5) is 0. The summed E-state index contributed by atoms with van der Waals surface area (Å²) in [5.74, 6) is 0.260. The van der Waals surface area contributed by atoms with Gasteiger partial charge >= 0.3 is 0 Å². The molecule has 166 valence electrons. The molecule has 0 aromatic rings. The van der Waals surface area contributed by atoms with Crippen molar-refractivity contribution in [2.24, 2.45) is 23.7 Å². The first-order valence-corrected chi connectivity index (χ1v) is 11.7. The van der Waals surface area contributed by atoms with E-state index in [-0.39, 0.29) is 18.1 Å². The van der Waals surface area contributed by atoms with Crippen LogP contribution in [0.3, 0.4) is 0 Å². The molecule has 2 aliphatic carbocycles. The second-order valence-electron chi connectivity index (χ2n) is 8.92. The Hall–Kier alpha value is -1.32. The molecule has 2 nitrogen and oxygen atoms in total. The molecule has 0 heterocycles. The highest BCUT2D eigenvalue weighted by atomic mass is 19.2. The van der Waals surface area contributed by atoms with E-state index in [1.165, 1.54) is 57.8 Å². The lowest BCUT2D eigenvalue weighted by molar-refractivity contribution is 0.0976. The Balaban J connectivity index is 1.69. The summed E-state index contributed by atoms with van der Waals surface area (Å²) in [7, 11) is 0. The molecule has 2 aliphatic rings. The maximum atomic E-state index is 14.1. The van der Waals surface area contributed by atoms with E-state index >= 15 is 0 Å². The fourth-order valence-corrected chi connectivity index (χ4v) is 5.03. The second-order valence-corrected chi connectivity index (χ2v) is 8.92. The quantitative estimate of drug-likeness (QED) is 0.253. The highest BCUT2D eigenvalue weighted by Crippen LogP contribution is 2.42. The van der Waals surface area contributed by atoms with E-state index in [1.54, 1.807) is 6.92 Å². The lowest BCUT2D eigenvalue weighted by Crippen LogP contribution is -2.27. The van der Waals surface area contributed by atoms with Crippen molar-refractivity contribution in [1.29, 1.82) is 0 Å². The summed E-state index contributed by atoms with van der Waals surface area (Å²) in [6.07, 6.45) is 14.4. The smallest absolute Gasteiger partial charge is 0.203 e. The molecular formula is C25H40F2O2. The number of allylic oxidation sites excluding steroid dienone is 2. The van der Waals surface area contributed by atoms with Crippen molar-refractivity contribution >= 4 is 0 Å². The Morgan fingerprint density at radius 2 is 1.24 bits per heavy atom. The molecule has 0 N–H and O–H groups in total. The van der Waals surface area contributed by atoms with Gasteiger partial charge in [0.1, 0.15) is 0 Å². The van der Waals surface area contributed by atoms with Crippen LogP contribution in [0.5, 0.6) is 0 Å². The average Bonchev–Trinajstić information content (AvgIpc) is 2.75. The van der Waals surface area contributed by atoms with Crippen LogP contribution in [0.2, 0.25) is 0 Å². The van der Waals surface area contributed by atoms with E-state index in [2.05, 4.69) is 20.1 Å². The highest BCUT2D eigenvalue weighted by molar-refractivity contribution is 5.29. The van der Waals surface area contributed by atoms with Crippen molar-refractivity contribution < 1.29 is 18.3 Å². The number of hydrogen-bond donors (Lipinski definition) is 0. The highest BCUT2D eigenvalue weighted by Gasteiger charge is 2.31.